The third-order valence-corrected chi connectivity index (χ3v) is 8.69. The van der Waals surface area contributed by atoms with Gasteiger partial charge in [0.2, 0.25) is 0 Å². The molecule has 0 bridgehead atoms. The summed E-state index contributed by atoms with van der Waals surface area (Å²) in [5.74, 6) is 0.712. The van der Waals surface area contributed by atoms with E-state index in [2.05, 4.69) is 84.9 Å². The van der Waals surface area contributed by atoms with Crippen LogP contribution in [0.1, 0.15) is 44.1 Å². The van der Waals surface area contributed by atoms with Gasteiger partial charge in [-0.1, -0.05) is 117 Å². The van der Waals surface area contributed by atoms with Crippen molar-refractivity contribution in [3.8, 4) is 0 Å². The maximum Gasteiger partial charge on any atom is 0.0733 e. The van der Waals surface area contributed by atoms with Crippen LogP contribution in [0.15, 0.2) is 89.9 Å². The summed E-state index contributed by atoms with van der Waals surface area (Å²) in [4.78, 5) is 4.87. The van der Waals surface area contributed by atoms with Crippen molar-refractivity contribution in [3.05, 3.63) is 90.5 Å². The zero-order valence-electron chi connectivity index (χ0n) is 18.1. The minimum atomic E-state index is -0.672. The van der Waals surface area contributed by atoms with Gasteiger partial charge in [-0.05, 0) is 36.2 Å². The van der Waals surface area contributed by atoms with E-state index in [4.69, 9.17) is 4.99 Å². The first-order chi connectivity index (χ1) is 15.3. The van der Waals surface area contributed by atoms with E-state index in [-0.39, 0.29) is 12.6 Å². The maximum atomic E-state index is 9.96. The molecule has 3 aromatic rings. The Labute approximate surface area is 187 Å². The van der Waals surface area contributed by atoms with Crippen LogP contribution in [0.4, 0.5) is 0 Å². The number of aliphatic hydroxyl groups excluding tert-OH is 1. The summed E-state index contributed by atoms with van der Waals surface area (Å²) in [5.41, 5.74) is 1.16. The molecule has 0 spiro atoms. The fraction of sp³-hybridized carbons (Fsp3) is 0.321. The van der Waals surface area contributed by atoms with Crippen LogP contribution in [0.2, 0.25) is 0 Å². The lowest BCUT2D eigenvalue weighted by atomic mass is 9.85. The van der Waals surface area contributed by atoms with Crippen molar-refractivity contribution in [2.24, 2.45) is 10.9 Å². The fourth-order valence-electron chi connectivity index (χ4n) is 4.56. The van der Waals surface area contributed by atoms with E-state index < -0.39 is 7.92 Å². The predicted molar refractivity (Wildman–Crippen MR) is 135 cm³/mol. The average molecular weight is 430 g/mol. The van der Waals surface area contributed by atoms with Crippen molar-refractivity contribution in [3.63, 3.8) is 0 Å². The first kappa shape index (κ1) is 21.9. The highest BCUT2D eigenvalue weighted by atomic mass is 31.1. The molecule has 0 aromatic heterocycles. The third-order valence-electron chi connectivity index (χ3n) is 6.17. The summed E-state index contributed by atoms with van der Waals surface area (Å²) in [6, 6.07) is 30.2. The van der Waals surface area contributed by atoms with Gasteiger partial charge < -0.3 is 5.11 Å². The molecule has 1 saturated carbocycles. The van der Waals surface area contributed by atoms with Crippen molar-refractivity contribution in [1.82, 2.24) is 0 Å². The zero-order valence-corrected chi connectivity index (χ0v) is 19.0. The summed E-state index contributed by atoms with van der Waals surface area (Å²) in [6.07, 6.45) is 9.61. The molecule has 0 radical (unpaired) electrons. The van der Waals surface area contributed by atoms with Gasteiger partial charge in [0.25, 0.3) is 0 Å². The smallest absolute Gasteiger partial charge is 0.0733 e. The van der Waals surface area contributed by atoms with Crippen molar-refractivity contribution in [2.75, 3.05) is 6.61 Å². The second kappa shape index (κ2) is 11.4. The summed E-state index contributed by atoms with van der Waals surface area (Å²) in [6.45, 7) is 0.126. The van der Waals surface area contributed by atoms with Crippen molar-refractivity contribution in [2.45, 2.75) is 44.6 Å². The average Bonchev–Trinajstić information content (AvgIpc) is 2.85. The molecule has 3 heteroatoms. The number of hydrogen-bond donors (Lipinski definition) is 1. The minimum absolute atomic E-state index is 0.00386. The minimum Gasteiger partial charge on any atom is -0.394 e. The molecule has 0 heterocycles. The van der Waals surface area contributed by atoms with E-state index in [9.17, 15) is 5.11 Å². The monoisotopic (exact) mass is 429 g/mol. The van der Waals surface area contributed by atoms with Crippen molar-refractivity contribution < 1.29 is 5.11 Å². The quantitative estimate of drug-likeness (QED) is 0.388. The number of aliphatic imine (C=N–C) groups is 1. The summed E-state index contributed by atoms with van der Waals surface area (Å²) < 4.78 is 0. The largest absolute Gasteiger partial charge is 0.394 e. The molecule has 0 aliphatic heterocycles. The molecule has 1 aliphatic carbocycles. The molecule has 2 nitrogen and oxygen atoms in total. The zero-order chi connectivity index (χ0) is 21.3. The molecule has 4 rings (SSSR count). The topological polar surface area (TPSA) is 32.6 Å². The Morgan fingerprint density at radius 3 is 2.00 bits per heavy atom. The molecule has 3 aromatic carbocycles. The predicted octanol–water partition coefficient (Wildman–Crippen LogP) is 5.20. The summed E-state index contributed by atoms with van der Waals surface area (Å²) in [5, 5.41) is 13.9. The van der Waals surface area contributed by atoms with Gasteiger partial charge >= 0.3 is 0 Å². The van der Waals surface area contributed by atoms with E-state index in [1.165, 1.54) is 48.0 Å². The third kappa shape index (κ3) is 5.91. The Hall–Kier alpha value is -2.28. The van der Waals surface area contributed by atoms with Gasteiger partial charge in [0.05, 0.1) is 12.6 Å². The van der Waals surface area contributed by atoms with Gasteiger partial charge in [-0.15, -0.1) is 0 Å². The Kier molecular flexibility index (Phi) is 8.04. The molecular formula is C28H32NOP. The van der Waals surface area contributed by atoms with E-state index in [0.29, 0.717) is 5.92 Å². The van der Waals surface area contributed by atoms with Crippen LogP contribution in [0.25, 0.3) is 0 Å². The van der Waals surface area contributed by atoms with E-state index in [1.807, 2.05) is 6.21 Å². The molecule has 0 saturated heterocycles. The first-order valence-electron chi connectivity index (χ1n) is 11.5. The number of benzene rings is 3. The van der Waals surface area contributed by atoms with Gasteiger partial charge in [-0.25, -0.2) is 0 Å². The molecule has 0 unspecified atom stereocenters. The van der Waals surface area contributed by atoms with Crippen LogP contribution < -0.4 is 15.9 Å². The summed E-state index contributed by atoms with van der Waals surface area (Å²) in [7, 11) is -0.672. The number of hydrogen-bond acceptors (Lipinski definition) is 2. The highest BCUT2D eigenvalue weighted by Gasteiger charge is 2.20. The van der Waals surface area contributed by atoms with Gasteiger partial charge in [0, 0.05) is 11.8 Å². The molecule has 31 heavy (non-hydrogen) atoms. The van der Waals surface area contributed by atoms with E-state index in [0.717, 1.165) is 12.0 Å². The molecule has 1 atom stereocenters. The molecule has 160 valence electrons. The Morgan fingerprint density at radius 1 is 0.806 bits per heavy atom. The molecule has 0 amide bonds. The van der Waals surface area contributed by atoms with Crippen molar-refractivity contribution >= 4 is 30.0 Å². The second-order valence-electron chi connectivity index (χ2n) is 8.42. The van der Waals surface area contributed by atoms with Crippen LogP contribution in [-0.2, 0) is 0 Å². The van der Waals surface area contributed by atoms with Crippen LogP contribution in [0.5, 0.6) is 0 Å². The lowest BCUT2D eigenvalue weighted by Gasteiger charge is -2.24. The standard InChI is InChI=1S/C28H32NOP/c30-22-25(20-23-12-4-1-5-13-23)29-21-24-14-10-11-19-28(24)31(26-15-6-2-7-16-26)27-17-8-3-9-18-27/h2-3,6-11,14-19,21,23,25,30H,1,4-5,12-13,20,22H2/t25-/m0/s1. The van der Waals surface area contributed by atoms with E-state index in [1.54, 1.807) is 0 Å². The lowest BCUT2D eigenvalue weighted by molar-refractivity contribution is 0.229. The van der Waals surface area contributed by atoms with Crippen molar-refractivity contribution in [1.29, 1.82) is 0 Å². The van der Waals surface area contributed by atoms with Crippen LogP contribution in [0.3, 0.4) is 0 Å². The molecule has 1 aliphatic rings. The molecular weight excluding hydrogens is 397 g/mol. The van der Waals surface area contributed by atoms with Crippen LogP contribution in [-0.4, -0.2) is 24.0 Å². The van der Waals surface area contributed by atoms with Crippen LogP contribution >= 0.6 is 7.92 Å². The molecule has 1 N–H and O–H groups in total. The second-order valence-corrected chi connectivity index (χ2v) is 10.6. The summed E-state index contributed by atoms with van der Waals surface area (Å²) >= 11 is 0. The van der Waals surface area contributed by atoms with Gasteiger partial charge in [-0.3, -0.25) is 4.99 Å². The highest BCUT2D eigenvalue weighted by Crippen LogP contribution is 2.34. The normalized spacial score (nSPS) is 16.1. The Morgan fingerprint density at radius 2 is 1.39 bits per heavy atom. The Balaban J connectivity index is 1.63. The van der Waals surface area contributed by atoms with Crippen LogP contribution in [0, 0.1) is 5.92 Å². The lowest BCUT2D eigenvalue weighted by Crippen LogP contribution is -2.23. The highest BCUT2D eigenvalue weighted by molar-refractivity contribution is 7.80. The maximum absolute atomic E-state index is 9.96. The van der Waals surface area contributed by atoms with Gasteiger partial charge in [0.15, 0.2) is 0 Å². The Bertz CT molecular complexity index is 912. The van der Waals surface area contributed by atoms with Gasteiger partial charge in [-0.2, -0.15) is 0 Å². The number of aliphatic hydroxyl groups is 1. The first-order valence-corrected chi connectivity index (χ1v) is 12.8. The van der Waals surface area contributed by atoms with E-state index >= 15 is 0 Å². The fourth-order valence-corrected chi connectivity index (χ4v) is 6.98. The molecule has 1 fully saturated rings. The number of rotatable bonds is 8. The number of nitrogens with zero attached hydrogens (tertiary/aromatic N) is 1. The SMILES string of the molecule is OC[C@H](CC1CCCCC1)N=Cc1ccccc1P(c1ccccc1)c1ccccc1. The van der Waals surface area contributed by atoms with Gasteiger partial charge in [0.1, 0.15) is 0 Å².